The molecule has 3 rings (SSSR count). The second-order valence-electron chi connectivity index (χ2n) is 6.60. The van der Waals surface area contributed by atoms with Gasteiger partial charge < -0.3 is 0 Å². The van der Waals surface area contributed by atoms with Crippen LogP contribution in [0.2, 0.25) is 0 Å². The van der Waals surface area contributed by atoms with Crippen LogP contribution in [0.4, 0.5) is 0 Å². The molecule has 0 spiro atoms. The van der Waals surface area contributed by atoms with E-state index in [0.717, 1.165) is 28.7 Å². The van der Waals surface area contributed by atoms with Crippen molar-refractivity contribution in [3.63, 3.8) is 0 Å². The van der Waals surface area contributed by atoms with Crippen LogP contribution in [0.5, 0.6) is 0 Å². The Morgan fingerprint density at radius 1 is 0.893 bits per heavy atom. The summed E-state index contributed by atoms with van der Waals surface area (Å²) in [5.41, 5.74) is 4.91. The Hall–Kier alpha value is -2.20. The average molecular weight is 457 g/mol. The molecular formula is C24H23BrClNO. The summed E-state index contributed by atoms with van der Waals surface area (Å²) in [6.07, 6.45) is 1.91. The molecule has 0 aliphatic heterocycles. The van der Waals surface area contributed by atoms with Gasteiger partial charge in [-0.25, -0.2) is 0 Å². The molecule has 3 aromatic carbocycles. The molecule has 0 radical (unpaired) electrons. The summed E-state index contributed by atoms with van der Waals surface area (Å²) in [6, 6.07) is 23.8. The highest BCUT2D eigenvalue weighted by molar-refractivity contribution is 9.10. The van der Waals surface area contributed by atoms with Gasteiger partial charge in [0.05, 0.1) is 0 Å². The zero-order valence-corrected chi connectivity index (χ0v) is 18.2. The number of benzene rings is 3. The molecular weight excluding hydrogens is 434 g/mol. The van der Waals surface area contributed by atoms with Gasteiger partial charge in [0.2, 0.25) is 0 Å². The van der Waals surface area contributed by atoms with E-state index >= 15 is 0 Å². The first-order chi connectivity index (χ1) is 13.1. The van der Waals surface area contributed by atoms with E-state index in [0.29, 0.717) is 11.1 Å². The Kier molecular flexibility index (Phi) is 8.18. The molecule has 28 heavy (non-hydrogen) atoms. The number of rotatable bonds is 7. The number of likely N-dealkylation sites (N-methyl/N-ethyl adjacent to an activating group) is 1. The van der Waals surface area contributed by atoms with Gasteiger partial charge in [-0.15, -0.1) is 19.0 Å². The maximum absolute atomic E-state index is 12.6. The van der Waals surface area contributed by atoms with Gasteiger partial charge in [0.15, 0.2) is 5.78 Å². The standard InChI is InChI=1S/C24H22BrNO.ClH/c1-3-16-26(2)17-18-4-6-19(7-5-18)20-8-10-21(11-9-20)24(27)22-12-14-23(25)15-13-22;/h3-15H,1,16-17H2,2H3;1H. The number of carbonyl (C=O) groups excluding carboxylic acids is 1. The predicted octanol–water partition coefficient (Wildman–Crippen LogP) is 6.39. The van der Waals surface area contributed by atoms with E-state index in [4.69, 9.17) is 0 Å². The quantitative estimate of drug-likeness (QED) is 0.303. The third-order valence-electron chi connectivity index (χ3n) is 4.43. The van der Waals surface area contributed by atoms with Crippen LogP contribution in [-0.4, -0.2) is 24.3 Å². The lowest BCUT2D eigenvalue weighted by Gasteiger charge is -2.14. The zero-order chi connectivity index (χ0) is 19.2. The van der Waals surface area contributed by atoms with Crippen LogP contribution in [0, 0.1) is 0 Å². The maximum atomic E-state index is 12.6. The Balaban J connectivity index is 0.00000280. The zero-order valence-electron chi connectivity index (χ0n) is 15.8. The number of hydrogen-bond acceptors (Lipinski definition) is 2. The first-order valence-corrected chi connectivity index (χ1v) is 9.65. The van der Waals surface area contributed by atoms with Crippen molar-refractivity contribution in [2.24, 2.45) is 0 Å². The first-order valence-electron chi connectivity index (χ1n) is 8.86. The molecule has 2 nitrogen and oxygen atoms in total. The number of nitrogens with zero attached hydrogens (tertiary/aromatic N) is 1. The van der Waals surface area contributed by atoms with E-state index in [9.17, 15) is 4.79 Å². The number of ketones is 1. The normalized spacial score (nSPS) is 10.4. The van der Waals surface area contributed by atoms with Gasteiger partial charge in [-0.1, -0.05) is 70.5 Å². The van der Waals surface area contributed by atoms with Crippen molar-refractivity contribution in [1.29, 1.82) is 0 Å². The highest BCUT2D eigenvalue weighted by Crippen LogP contribution is 2.22. The summed E-state index contributed by atoms with van der Waals surface area (Å²) in [6.45, 7) is 5.54. The minimum Gasteiger partial charge on any atom is -0.298 e. The second-order valence-corrected chi connectivity index (χ2v) is 7.51. The Morgan fingerprint density at radius 2 is 1.36 bits per heavy atom. The fourth-order valence-electron chi connectivity index (χ4n) is 2.98. The van der Waals surface area contributed by atoms with Crippen LogP contribution >= 0.6 is 28.3 Å². The van der Waals surface area contributed by atoms with E-state index in [1.807, 2.05) is 54.6 Å². The highest BCUT2D eigenvalue weighted by Gasteiger charge is 2.09. The van der Waals surface area contributed by atoms with Gasteiger partial charge in [-0.3, -0.25) is 9.69 Å². The van der Waals surface area contributed by atoms with E-state index in [-0.39, 0.29) is 18.2 Å². The first kappa shape index (κ1) is 22.1. The molecule has 4 heteroatoms. The molecule has 0 aliphatic rings. The van der Waals surface area contributed by atoms with Crippen LogP contribution in [-0.2, 0) is 6.54 Å². The third-order valence-corrected chi connectivity index (χ3v) is 4.96. The molecule has 0 atom stereocenters. The molecule has 0 heterocycles. The molecule has 0 fully saturated rings. The van der Waals surface area contributed by atoms with Crippen LogP contribution in [0.15, 0.2) is 89.9 Å². The van der Waals surface area contributed by atoms with E-state index in [1.165, 1.54) is 5.56 Å². The fourth-order valence-corrected chi connectivity index (χ4v) is 3.25. The van der Waals surface area contributed by atoms with Crippen LogP contribution in [0.3, 0.4) is 0 Å². The minimum absolute atomic E-state index is 0. The van der Waals surface area contributed by atoms with Crippen molar-refractivity contribution >= 4 is 34.1 Å². The Bertz CT molecular complexity index is 918. The summed E-state index contributed by atoms with van der Waals surface area (Å²) < 4.78 is 0.966. The molecule has 0 N–H and O–H groups in total. The lowest BCUT2D eigenvalue weighted by Crippen LogP contribution is -2.17. The van der Waals surface area contributed by atoms with Gasteiger partial charge in [0.1, 0.15) is 0 Å². The molecule has 0 unspecified atom stereocenters. The molecule has 0 aromatic heterocycles. The Morgan fingerprint density at radius 3 is 1.86 bits per heavy atom. The summed E-state index contributed by atoms with van der Waals surface area (Å²) in [7, 11) is 2.08. The molecule has 0 bridgehead atoms. The topological polar surface area (TPSA) is 20.3 Å². The fraction of sp³-hybridized carbons (Fsp3) is 0.125. The molecule has 0 amide bonds. The summed E-state index contributed by atoms with van der Waals surface area (Å²) >= 11 is 3.39. The highest BCUT2D eigenvalue weighted by atomic mass is 79.9. The monoisotopic (exact) mass is 455 g/mol. The van der Waals surface area contributed by atoms with E-state index < -0.39 is 0 Å². The Labute approximate surface area is 181 Å². The van der Waals surface area contributed by atoms with Crippen molar-refractivity contribution in [2.45, 2.75) is 6.54 Å². The molecule has 3 aromatic rings. The van der Waals surface area contributed by atoms with Crippen molar-refractivity contribution in [3.05, 3.63) is 107 Å². The SMILES string of the molecule is C=CCN(C)Cc1ccc(-c2ccc(C(=O)c3ccc(Br)cc3)cc2)cc1.Cl. The number of hydrogen-bond donors (Lipinski definition) is 0. The molecule has 0 aliphatic carbocycles. The summed E-state index contributed by atoms with van der Waals surface area (Å²) in [4.78, 5) is 14.8. The lowest BCUT2D eigenvalue weighted by molar-refractivity contribution is 0.103. The van der Waals surface area contributed by atoms with Gasteiger partial charge in [0.25, 0.3) is 0 Å². The van der Waals surface area contributed by atoms with Crippen molar-refractivity contribution in [3.8, 4) is 11.1 Å². The van der Waals surface area contributed by atoms with Crippen molar-refractivity contribution < 1.29 is 4.79 Å². The number of carbonyl (C=O) groups is 1. The molecule has 144 valence electrons. The second kappa shape index (κ2) is 10.4. The van der Waals surface area contributed by atoms with Crippen LogP contribution in [0.25, 0.3) is 11.1 Å². The van der Waals surface area contributed by atoms with Gasteiger partial charge in [0, 0.05) is 28.7 Å². The van der Waals surface area contributed by atoms with E-state index in [2.05, 4.69) is 58.7 Å². The van der Waals surface area contributed by atoms with Gasteiger partial charge in [-0.2, -0.15) is 0 Å². The largest absolute Gasteiger partial charge is 0.298 e. The average Bonchev–Trinajstić information content (AvgIpc) is 2.69. The van der Waals surface area contributed by atoms with E-state index in [1.54, 1.807) is 0 Å². The van der Waals surface area contributed by atoms with Crippen LogP contribution in [0.1, 0.15) is 21.5 Å². The number of halogens is 2. The van der Waals surface area contributed by atoms with Gasteiger partial charge in [-0.05, 0) is 48.0 Å². The smallest absolute Gasteiger partial charge is 0.193 e. The van der Waals surface area contributed by atoms with Crippen LogP contribution < -0.4 is 0 Å². The van der Waals surface area contributed by atoms with Crippen molar-refractivity contribution in [2.75, 3.05) is 13.6 Å². The third kappa shape index (κ3) is 5.65. The van der Waals surface area contributed by atoms with Gasteiger partial charge >= 0.3 is 0 Å². The minimum atomic E-state index is 0. The summed E-state index contributed by atoms with van der Waals surface area (Å²) in [5, 5.41) is 0. The molecule has 0 saturated heterocycles. The maximum Gasteiger partial charge on any atom is 0.193 e. The molecule has 0 saturated carbocycles. The lowest BCUT2D eigenvalue weighted by atomic mass is 9.99. The summed E-state index contributed by atoms with van der Waals surface area (Å²) in [5.74, 6) is 0.0367. The van der Waals surface area contributed by atoms with Crippen molar-refractivity contribution in [1.82, 2.24) is 4.90 Å². The predicted molar refractivity (Wildman–Crippen MR) is 123 cm³/mol.